The van der Waals surface area contributed by atoms with Crippen LogP contribution in [-0.2, 0) is 52.5 Å². The Hall–Kier alpha value is -4.97. The number of nitrogens with zero attached hydrogens (tertiary/aromatic N) is 3. The Balaban J connectivity index is 0.996. The third kappa shape index (κ3) is 19.3. The first-order valence-corrected chi connectivity index (χ1v) is 34.7. The lowest BCUT2D eigenvalue weighted by molar-refractivity contribution is -0.162. The zero-order chi connectivity index (χ0) is 62.9. The van der Waals surface area contributed by atoms with Crippen molar-refractivity contribution in [3.63, 3.8) is 0 Å². The topological polar surface area (TPSA) is 207 Å². The first-order chi connectivity index (χ1) is 40.2. The number of esters is 2. The number of sulfonamides is 1. The molecule has 0 aromatic heterocycles. The Bertz CT molecular complexity index is 3270. The SMILES string of the molecule is CC1(C)CCC(c2ccc(Cl)cc2)=C(CN2CCN(c3ccc(C(=O)NS(=O)(=O)c4ccc(N[C@H](CCN5CCC(CP(=O)(OCOC(=O)C(C)(C)C)OCOC(=O)C(C)(C)C)CC5)CSc5ccccc5)c(S(=O)(=O)C(F)(F)F)c4)cc3)CC2)C1. The monoisotopic (exact) mass is 1290 g/mol. The van der Waals surface area contributed by atoms with E-state index in [1.807, 2.05) is 47.2 Å². The largest absolute Gasteiger partial charge is 0.501 e. The van der Waals surface area contributed by atoms with E-state index in [1.54, 1.807) is 53.7 Å². The fraction of sp³-hybridized carbons (Fsp3) is 0.525. The maximum Gasteiger partial charge on any atom is 0.501 e. The van der Waals surface area contributed by atoms with Crippen molar-refractivity contribution >= 4 is 85.6 Å². The highest BCUT2D eigenvalue weighted by Gasteiger charge is 2.49. The first kappa shape index (κ1) is 68.5. The standard InChI is InChI=1S/C61H80ClF3N5O12PS3/c1-58(2,3)56(72)79-41-81-83(74,82-42-80-57(73)59(4,5)6)39-43-25-29-68(30-26-43)31-27-48(40-84-50-12-10-9-11-13-50)66-53-23-22-51(36-54(53)85(75,76)61(63,64)65)86(77,78)67-55(71)45-16-20-49(21-17-45)70-34-32-69(33-35-70)38-46-37-60(7,8)28-24-52(46)44-14-18-47(62)19-15-44/h9-23,36,43,48,66H,24-35,37-42H2,1-8H3,(H,67,71)/t48-/m1/s1. The van der Waals surface area contributed by atoms with Crippen molar-refractivity contribution in [3.8, 4) is 0 Å². The molecule has 472 valence electrons. The molecule has 1 aliphatic carbocycles. The molecular weight excluding hydrogens is 1210 g/mol. The number of amides is 1. The summed E-state index contributed by atoms with van der Waals surface area (Å²) >= 11 is 7.59. The number of likely N-dealkylation sites (tertiary alicyclic amines) is 1. The third-order valence-corrected chi connectivity index (χ3v) is 21.6. The van der Waals surface area contributed by atoms with Gasteiger partial charge in [0, 0.05) is 72.2 Å². The van der Waals surface area contributed by atoms with E-state index < -0.39 is 96.7 Å². The van der Waals surface area contributed by atoms with Gasteiger partial charge in [-0.15, -0.1) is 11.8 Å². The number of carbonyl (C=O) groups is 3. The summed E-state index contributed by atoms with van der Waals surface area (Å²) in [5.41, 5.74) is -3.08. The fourth-order valence-electron chi connectivity index (χ4n) is 10.3. The Labute approximate surface area is 513 Å². The molecule has 2 saturated heterocycles. The van der Waals surface area contributed by atoms with Crippen molar-refractivity contribution in [2.24, 2.45) is 22.2 Å². The van der Waals surface area contributed by atoms with E-state index in [1.165, 1.54) is 40.6 Å². The number of hydrogen-bond acceptors (Lipinski definition) is 17. The molecule has 4 aromatic carbocycles. The Morgan fingerprint density at radius 3 is 1.94 bits per heavy atom. The van der Waals surface area contributed by atoms with Crippen molar-refractivity contribution < 1.29 is 67.5 Å². The molecule has 0 radical (unpaired) electrons. The van der Waals surface area contributed by atoms with E-state index >= 15 is 0 Å². The highest BCUT2D eigenvalue weighted by molar-refractivity contribution is 7.99. The minimum absolute atomic E-state index is 0.0446. The van der Waals surface area contributed by atoms with Gasteiger partial charge in [-0.2, -0.15) is 13.2 Å². The molecule has 2 aliphatic heterocycles. The minimum atomic E-state index is -6.18. The summed E-state index contributed by atoms with van der Waals surface area (Å²) in [6, 6.07) is 25.1. The molecule has 2 N–H and O–H groups in total. The third-order valence-electron chi connectivity index (χ3n) is 15.4. The van der Waals surface area contributed by atoms with Crippen LogP contribution in [0.2, 0.25) is 5.02 Å². The summed E-state index contributed by atoms with van der Waals surface area (Å²) in [6.07, 6.45) is 4.30. The molecule has 2 fully saturated rings. The van der Waals surface area contributed by atoms with Crippen LogP contribution in [0.15, 0.2) is 117 Å². The van der Waals surface area contributed by atoms with Crippen LogP contribution in [0.3, 0.4) is 0 Å². The van der Waals surface area contributed by atoms with Gasteiger partial charge in [-0.3, -0.25) is 32.9 Å². The van der Waals surface area contributed by atoms with Gasteiger partial charge in [0.25, 0.3) is 25.8 Å². The van der Waals surface area contributed by atoms with Crippen LogP contribution in [0, 0.1) is 22.2 Å². The van der Waals surface area contributed by atoms with Gasteiger partial charge in [-0.25, -0.2) is 21.6 Å². The summed E-state index contributed by atoms with van der Waals surface area (Å²) in [6.45, 7) is 18.4. The molecule has 25 heteroatoms. The number of ether oxygens (including phenoxy) is 2. The van der Waals surface area contributed by atoms with Crippen molar-refractivity contribution in [1.82, 2.24) is 14.5 Å². The summed E-state index contributed by atoms with van der Waals surface area (Å²) in [4.78, 5) is 43.7. The second-order valence-corrected chi connectivity index (χ2v) is 32.2. The lowest BCUT2D eigenvalue weighted by atomic mass is 9.73. The molecule has 4 aromatic rings. The molecule has 2 heterocycles. The average Bonchev–Trinajstić information content (AvgIpc) is 1.08. The van der Waals surface area contributed by atoms with E-state index in [2.05, 4.69) is 46.0 Å². The number of carbonyl (C=O) groups excluding carboxylic acids is 3. The van der Waals surface area contributed by atoms with Gasteiger partial charge in [0.1, 0.15) is 4.90 Å². The summed E-state index contributed by atoms with van der Waals surface area (Å²) in [7, 11) is -15.1. The number of anilines is 2. The van der Waals surface area contributed by atoms with Crippen molar-refractivity contribution in [3.05, 3.63) is 119 Å². The normalized spacial score (nSPS) is 17.5. The van der Waals surface area contributed by atoms with Gasteiger partial charge in [-0.1, -0.05) is 61.4 Å². The molecule has 86 heavy (non-hydrogen) atoms. The Morgan fingerprint density at radius 1 is 0.779 bits per heavy atom. The summed E-state index contributed by atoms with van der Waals surface area (Å²) < 4.78 is 135. The zero-order valence-corrected chi connectivity index (χ0v) is 54.1. The van der Waals surface area contributed by atoms with Crippen LogP contribution in [0.5, 0.6) is 0 Å². The van der Waals surface area contributed by atoms with Crippen LogP contribution < -0.4 is 14.9 Å². The number of piperazine rings is 1. The average molecular weight is 1290 g/mol. The van der Waals surface area contributed by atoms with Crippen molar-refractivity contribution in [2.45, 2.75) is 120 Å². The molecule has 0 saturated carbocycles. The van der Waals surface area contributed by atoms with Crippen LogP contribution in [0.4, 0.5) is 24.5 Å². The maximum absolute atomic E-state index is 14.5. The van der Waals surface area contributed by atoms with Gasteiger partial charge in [-0.05, 0) is 182 Å². The number of thioether (sulfide) groups is 1. The molecular formula is C61H80ClF3N5O12PS3. The van der Waals surface area contributed by atoms with E-state index in [4.69, 9.17) is 30.1 Å². The molecule has 3 aliphatic rings. The van der Waals surface area contributed by atoms with Gasteiger partial charge >= 0.3 is 25.0 Å². The molecule has 0 unspecified atom stereocenters. The minimum Gasteiger partial charge on any atom is -0.438 e. The predicted octanol–water partition coefficient (Wildman–Crippen LogP) is 12.5. The van der Waals surface area contributed by atoms with Crippen molar-refractivity contribution in [1.29, 1.82) is 0 Å². The number of halogens is 4. The second-order valence-electron chi connectivity index (χ2n) is 25.0. The summed E-state index contributed by atoms with van der Waals surface area (Å²) in [5.74, 6) is -2.21. The van der Waals surface area contributed by atoms with Gasteiger partial charge in [0.05, 0.1) is 27.6 Å². The second kappa shape index (κ2) is 28.7. The molecule has 1 amide bonds. The highest BCUT2D eigenvalue weighted by atomic mass is 35.5. The summed E-state index contributed by atoms with van der Waals surface area (Å²) in [5, 5.41) is 3.69. The van der Waals surface area contributed by atoms with E-state index in [9.17, 15) is 49.0 Å². The quantitative estimate of drug-likeness (QED) is 0.0289. The van der Waals surface area contributed by atoms with Crippen LogP contribution in [-0.4, -0.2) is 134 Å². The lowest BCUT2D eigenvalue weighted by Gasteiger charge is -2.39. The zero-order valence-electron chi connectivity index (χ0n) is 50.0. The van der Waals surface area contributed by atoms with Gasteiger partial charge < -0.3 is 24.6 Å². The molecule has 1 atom stereocenters. The lowest BCUT2D eigenvalue weighted by Crippen LogP contribution is -2.47. The number of piperidine rings is 1. The number of allylic oxidation sites excluding steroid dienone is 1. The smallest absolute Gasteiger partial charge is 0.438 e. The van der Waals surface area contributed by atoms with Crippen molar-refractivity contribution in [2.75, 3.05) is 88.1 Å². The maximum atomic E-state index is 14.5. The molecule has 7 rings (SSSR count). The first-order valence-electron chi connectivity index (χ1n) is 28.7. The Kier molecular flexibility index (Phi) is 22.8. The molecule has 0 spiro atoms. The van der Waals surface area contributed by atoms with Crippen LogP contribution >= 0.6 is 31.0 Å². The number of benzene rings is 4. The van der Waals surface area contributed by atoms with Crippen LogP contribution in [0.25, 0.3) is 5.57 Å². The number of sulfone groups is 1. The number of alkyl halides is 3. The fourth-order valence-corrected chi connectivity index (χ4v) is 15.1. The Morgan fingerprint density at radius 2 is 1.37 bits per heavy atom. The van der Waals surface area contributed by atoms with Crippen LogP contribution in [0.1, 0.15) is 110 Å². The predicted molar refractivity (Wildman–Crippen MR) is 329 cm³/mol. The molecule has 0 bridgehead atoms. The van der Waals surface area contributed by atoms with E-state index in [0.717, 1.165) is 61.6 Å². The number of nitrogens with one attached hydrogen (secondary N) is 2. The highest BCUT2D eigenvalue weighted by Crippen LogP contribution is 2.51. The number of hydrogen-bond donors (Lipinski definition) is 2. The van der Waals surface area contributed by atoms with Gasteiger partial charge in [0.2, 0.25) is 13.6 Å². The molecule has 17 nitrogen and oxygen atoms in total. The number of rotatable bonds is 24. The van der Waals surface area contributed by atoms with E-state index in [0.29, 0.717) is 56.7 Å². The van der Waals surface area contributed by atoms with Gasteiger partial charge in [0.15, 0.2) is 0 Å². The van der Waals surface area contributed by atoms with E-state index in [-0.39, 0.29) is 35.2 Å².